The van der Waals surface area contributed by atoms with Gasteiger partial charge in [0.15, 0.2) is 6.04 Å². The molecule has 9 nitrogen and oxygen atoms in total. The Balaban J connectivity index is 2.95. The first-order valence-electron chi connectivity index (χ1n) is 6.23. The number of nitrogens with one attached hydrogen (secondary N) is 2. The summed E-state index contributed by atoms with van der Waals surface area (Å²) < 4.78 is 0. The molecule has 1 rings (SSSR count). The van der Waals surface area contributed by atoms with Crippen molar-refractivity contribution >= 4 is 17.8 Å². The summed E-state index contributed by atoms with van der Waals surface area (Å²) in [5, 5.41) is 40.2. The molecule has 0 aromatic heterocycles. The summed E-state index contributed by atoms with van der Waals surface area (Å²) in [6.07, 6.45) is 0. The molecule has 0 unspecified atom stereocenters. The number of carboxylic acid groups (broad SMARTS) is 1. The Morgan fingerprint density at radius 3 is 2.41 bits per heavy atom. The van der Waals surface area contributed by atoms with Gasteiger partial charge >= 0.3 is 5.97 Å². The van der Waals surface area contributed by atoms with Gasteiger partial charge in [-0.2, -0.15) is 0 Å². The molecule has 0 saturated carbocycles. The number of hydrogen-bond donors (Lipinski definition) is 6. The van der Waals surface area contributed by atoms with Crippen LogP contribution in [0.15, 0.2) is 18.2 Å². The lowest BCUT2D eigenvalue weighted by Gasteiger charge is -2.14. The summed E-state index contributed by atoms with van der Waals surface area (Å²) >= 11 is 0. The average Bonchev–Trinajstić information content (AvgIpc) is 2.50. The van der Waals surface area contributed by atoms with Crippen LogP contribution in [0.25, 0.3) is 0 Å². The Kier molecular flexibility index (Phi) is 6.29. The molecule has 0 radical (unpaired) electrons. The highest BCUT2D eigenvalue weighted by molar-refractivity contribution is 5.98. The molecule has 0 heterocycles. The maximum atomic E-state index is 12.0. The highest BCUT2D eigenvalue weighted by Crippen LogP contribution is 2.17. The summed E-state index contributed by atoms with van der Waals surface area (Å²) in [4.78, 5) is 33.9. The molecule has 120 valence electrons. The zero-order chi connectivity index (χ0) is 16.7. The van der Waals surface area contributed by atoms with Gasteiger partial charge in [-0.3, -0.25) is 9.59 Å². The number of aliphatic carboxylic acids is 1. The van der Waals surface area contributed by atoms with Crippen LogP contribution in [-0.2, 0) is 16.1 Å². The fourth-order valence-corrected chi connectivity index (χ4v) is 1.60. The molecule has 22 heavy (non-hydrogen) atoms. The zero-order valence-corrected chi connectivity index (χ0v) is 11.4. The third-order valence-corrected chi connectivity index (χ3v) is 2.74. The summed E-state index contributed by atoms with van der Waals surface area (Å²) in [5.41, 5.74) is 0.247. The molecule has 0 aliphatic heterocycles. The minimum absolute atomic E-state index is 0.0575. The zero-order valence-electron chi connectivity index (χ0n) is 11.4. The third kappa shape index (κ3) is 4.72. The number of carbonyl (C=O) groups is 3. The van der Waals surface area contributed by atoms with Crippen molar-refractivity contribution in [2.24, 2.45) is 0 Å². The standard InChI is InChI=1S/C13H16N2O7/c16-5-10(13(21)22)15-12(20)9-3-8(18)2-1-7(9)4-14-11(19)6-17/h1-3,10,16-18H,4-6H2,(H,14,19)(H,15,20)(H,21,22)/t10-/m0/s1. The first-order chi connectivity index (χ1) is 10.4. The van der Waals surface area contributed by atoms with Gasteiger partial charge in [0, 0.05) is 12.1 Å². The van der Waals surface area contributed by atoms with E-state index >= 15 is 0 Å². The number of hydrogen-bond acceptors (Lipinski definition) is 6. The van der Waals surface area contributed by atoms with Crippen molar-refractivity contribution in [2.75, 3.05) is 13.2 Å². The van der Waals surface area contributed by atoms with E-state index in [-0.39, 0.29) is 17.9 Å². The van der Waals surface area contributed by atoms with Crippen LogP contribution in [0.4, 0.5) is 0 Å². The monoisotopic (exact) mass is 312 g/mol. The van der Waals surface area contributed by atoms with Crippen LogP contribution in [0, 0.1) is 0 Å². The van der Waals surface area contributed by atoms with E-state index in [1.807, 2.05) is 0 Å². The van der Waals surface area contributed by atoms with E-state index in [4.69, 9.17) is 15.3 Å². The Hall–Kier alpha value is -2.65. The normalized spacial score (nSPS) is 11.5. The molecule has 0 fully saturated rings. The second-order valence-corrected chi connectivity index (χ2v) is 4.32. The highest BCUT2D eigenvalue weighted by Gasteiger charge is 2.21. The maximum absolute atomic E-state index is 12.0. The Morgan fingerprint density at radius 1 is 1.18 bits per heavy atom. The number of carbonyl (C=O) groups excluding carboxylic acids is 2. The van der Waals surface area contributed by atoms with E-state index in [1.54, 1.807) is 0 Å². The number of rotatable bonds is 7. The molecule has 0 aliphatic carbocycles. The Bertz CT molecular complexity index is 574. The lowest BCUT2D eigenvalue weighted by molar-refractivity contribution is -0.140. The summed E-state index contributed by atoms with van der Waals surface area (Å²) in [7, 11) is 0. The molecule has 0 aliphatic rings. The highest BCUT2D eigenvalue weighted by atomic mass is 16.4. The molecule has 0 saturated heterocycles. The van der Waals surface area contributed by atoms with Crippen molar-refractivity contribution < 1.29 is 34.8 Å². The average molecular weight is 312 g/mol. The maximum Gasteiger partial charge on any atom is 0.328 e. The van der Waals surface area contributed by atoms with Crippen LogP contribution in [0.3, 0.4) is 0 Å². The number of aliphatic hydroxyl groups is 2. The van der Waals surface area contributed by atoms with Gasteiger partial charge in [0.2, 0.25) is 5.91 Å². The molecule has 1 atom stereocenters. The van der Waals surface area contributed by atoms with Crippen molar-refractivity contribution in [3.63, 3.8) is 0 Å². The molecule has 6 N–H and O–H groups in total. The van der Waals surface area contributed by atoms with Crippen molar-refractivity contribution in [3.8, 4) is 5.75 Å². The number of benzene rings is 1. The molecule has 9 heteroatoms. The third-order valence-electron chi connectivity index (χ3n) is 2.74. The van der Waals surface area contributed by atoms with Crippen molar-refractivity contribution in [2.45, 2.75) is 12.6 Å². The summed E-state index contributed by atoms with van der Waals surface area (Å²) in [6.45, 7) is -1.61. The van der Waals surface area contributed by atoms with E-state index in [2.05, 4.69) is 10.6 Å². The number of aliphatic hydroxyl groups excluding tert-OH is 2. The number of aromatic hydroxyl groups is 1. The predicted octanol–water partition coefficient (Wildman–Crippen LogP) is -1.82. The number of carboxylic acids is 1. The van der Waals surface area contributed by atoms with Crippen LogP contribution in [-0.4, -0.2) is 57.5 Å². The van der Waals surface area contributed by atoms with E-state index in [1.165, 1.54) is 12.1 Å². The Morgan fingerprint density at radius 2 is 1.86 bits per heavy atom. The largest absolute Gasteiger partial charge is 0.508 e. The number of phenols is 1. The van der Waals surface area contributed by atoms with Crippen molar-refractivity contribution in [3.05, 3.63) is 29.3 Å². The van der Waals surface area contributed by atoms with E-state index < -0.39 is 37.0 Å². The van der Waals surface area contributed by atoms with Gasteiger partial charge in [0.05, 0.1) is 6.61 Å². The van der Waals surface area contributed by atoms with Gasteiger partial charge in [-0.25, -0.2) is 4.79 Å². The second kappa shape index (κ2) is 7.96. The first kappa shape index (κ1) is 17.4. The molecule has 0 spiro atoms. The van der Waals surface area contributed by atoms with Crippen LogP contribution in [0.2, 0.25) is 0 Å². The van der Waals surface area contributed by atoms with E-state index in [0.717, 1.165) is 6.07 Å². The molecular formula is C13H16N2O7. The topological polar surface area (TPSA) is 156 Å². The van der Waals surface area contributed by atoms with Gasteiger partial charge in [-0.15, -0.1) is 0 Å². The summed E-state index contributed by atoms with van der Waals surface area (Å²) in [5.74, 6) is -3.12. The van der Waals surface area contributed by atoms with E-state index in [0.29, 0.717) is 5.56 Å². The SMILES string of the molecule is O=C(CO)NCc1ccc(O)cc1C(=O)N[C@@H](CO)C(=O)O. The minimum Gasteiger partial charge on any atom is -0.508 e. The lowest BCUT2D eigenvalue weighted by Crippen LogP contribution is -2.43. The predicted molar refractivity (Wildman–Crippen MR) is 73.0 cm³/mol. The van der Waals surface area contributed by atoms with Gasteiger partial charge in [-0.1, -0.05) is 6.07 Å². The molecule has 2 amide bonds. The van der Waals surface area contributed by atoms with Crippen molar-refractivity contribution in [1.82, 2.24) is 10.6 Å². The van der Waals surface area contributed by atoms with Crippen molar-refractivity contribution in [1.29, 1.82) is 0 Å². The van der Waals surface area contributed by atoms with Crippen LogP contribution < -0.4 is 10.6 Å². The van der Waals surface area contributed by atoms with Gasteiger partial charge < -0.3 is 31.1 Å². The second-order valence-electron chi connectivity index (χ2n) is 4.32. The first-order valence-corrected chi connectivity index (χ1v) is 6.23. The van der Waals surface area contributed by atoms with Gasteiger partial charge in [0.1, 0.15) is 12.4 Å². The molecule has 1 aromatic rings. The van der Waals surface area contributed by atoms with Gasteiger partial charge in [-0.05, 0) is 17.7 Å². The number of phenolic OH excluding ortho intramolecular Hbond substituents is 1. The van der Waals surface area contributed by atoms with Crippen LogP contribution in [0.1, 0.15) is 15.9 Å². The molecule has 1 aromatic carbocycles. The smallest absolute Gasteiger partial charge is 0.328 e. The van der Waals surface area contributed by atoms with E-state index in [9.17, 15) is 19.5 Å². The fourth-order valence-electron chi connectivity index (χ4n) is 1.60. The molecule has 0 bridgehead atoms. The van der Waals surface area contributed by atoms with Crippen LogP contribution in [0.5, 0.6) is 5.75 Å². The number of amides is 2. The van der Waals surface area contributed by atoms with Crippen LogP contribution >= 0.6 is 0 Å². The summed E-state index contributed by atoms with van der Waals surface area (Å²) in [6, 6.07) is 2.27. The minimum atomic E-state index is -1.49. The molecular weight excluding hydrogens is 296 g/mol. The van der Waals surface area contributed by atoms with Gasteiger partial charge in [0.25, 0.3) is 5.91 Å². The fraction of sp³-hybridized carbons (Fsp3) is 0.308. The lowest BCUT2D eigenvalue weighted by atomic mass is 10.1. The Labute approximate surface area is 125 Å². The quantitative estimate of drug-likeness (QED) is 0.346.